The number of rotatable bonds is 6. The number of aliphatic hydroxyl groups excluding tert-OH is 1. The van der Waals surface area contributed by atoms with Gasteiger partial charge in [-0.25, -0.2) is 0 Å². The van der Waals surface area contributed by atoms with E-state index in [-0.39, 0.29) is 12.4 Å². The summed E-state index contributed by atoms with van der Waals surface area (Å²) in [4.78, 5) is 11.0. The molecule has 0 aliphatic heterocycles. The highest BCUT2D eigenvalue weighted by molar-refractivity contribution is 6.18. The maximum absolute atomic E-state index is 11.0. The number of benzene rings is 1. The molecule has 1 amide bonds. The molecule has 6 heteroatoms. The molecule has 1 atom stereocenters. The van der Waals surface area contributed by atoms with Crippen molar-refractivity contribution < 1.29 is 14.6 Å². The predicted molar refractivity (Wildman–Crippen MR) is 66.7 cm³/mol. The van der Waals surface area contributed by atoms with E-state index in [9.17, 15) is 9.90 Å². The van der Waals surface area contributed by atoms with Gasteiger partial charge in [0, 0.05) is 12.1 Å². The summed E-state index contributed by atoms with van der Waals surface area (Å²) in [7, 11) is 1.52. The van der Waals surface area contributed by atoms with Crippen molar-refractivity contribution in [3.8, 4) is 5.75 Å². The summed E-state index contributed by atoms with van der Waals surface area (Å²) in [6.07, 6.45) is -0.668. The molecule has 5 nitrogen and oxygen atoms in total. The zero-order valence-corrected chi connectivity index (χ0v) is 10.2. The molecule has 0 aliphatic rings. The summed E-state index contributed by atoms with van der Waals surface area (Å²) in [5.41, 5.74) is 6.14. The Hall–Kier alpha value is -1.46. The largest absolute Gasteiger partial charge is 0.495 e. The van der Waals surface area contributed by atoms with E-state index in [1.807, 2.05) is 0 Å². The van der Waals surface area contributed by atoms with Gasteiger partial charge in [0.1, 0.15) is 5.75 Å². The van der Waals surface area contributed by atoms with Gasteiger partial charge in [0.05, 0.1) is 24.8 Å². The van der Waals surface area contributed by atoms with Crippen molar-refractivity contribution in [3.05, 3.63) is 23.8 Å². The smallest absolute Gasteiger partial charge is 0.248 e. The molecular weight excluding hydrogens is 244 g/mol. The average Bonchev–Trinajstić information content (AvgIpc) is 2.35. The average molecular weight is 259 g/mol. The van der Waals surface area contributed by atoms with Gasteiger partial charge in [-0.05, 0) is 18.2 Å². The minimum Gasteiger partial charge on any atom is -0.495 e. The topological polar surface area (TPSA) is 84.6 Å². The minimum atomic E-state index is -0.668. The fourth-order valence-corrected chi connectivity index (χ4v) is 1.39. The third-order valence-corrected chi connectivity index (χ3v) is 2.55. The number of carbonyl (C=O) groups is 1. The Labute approximate surface area is 105 Å². The van der Waals surface area contributed by atoms with Crippen LogP contribution in [0.3, 0.4) is 0 Å². The minimum absolute atomic E-state index is 0.130. The molecule has 0 saturated heterocycles. The summed E-state index contributed by atoms with van der Waals surface area (Å²) in [5, 5.41) is 12.3. The molecule has 0 fully saturated rings. The van der Waals surface area contributed by atoms with Gasteiger partial charge in [-0.15, -0.1) is 11.6 Å². The first kappa shape index (κ1) is 13.6. The Morgan fingerprint density at radius 3 is 2.88 bits per heavy atom. The molecule has 94 valence electrons. The highest BCUT2D eigenvalue weighted by atomic mass is 35.5. The second kappa shape index (κ2) is 6.32. The molecule has 0 bridgehead atoms. The number of alkyl halides is 1. The monoisotopic (exact) mass is 258 g/mol. The van der Waals surface area contributed by atoms with Crippen LogP contribution in [0.1, 0.15) is 10.4 Å². The van der Waals surface area contributed by atoms with Crippen molar-refractivity contribution in [1.29, 1.82) is 0 Å². The van der Waals surface area contributed by atoms with Crippen molar-refractivity contribution in [2.75, 3.05) is 24.9 Å². The Bertz CT molecular complexity index is 398. The molecule has 17 heavy (non-hydrogen) atoms. The zero-order valence-electron chi connectivity index (χ0n) is 9.44. The van der Waals surface area contributed by atoms with Gasteiger partial charge in [0.15, 0.2) is 0 Å². The van der Waals surface area contributed by atoms with E-state index in [1.54, 1.807) is 18.2 Å². The Morgan fingerprint density at radius 2 is 2.35 bits per heavy atom. The number of hydrogen-bond acceptors (Lipinski definition) is 4. The van der Waals surface area contributed by atoms with Crippen molar-refractivity contribution in [2.24, 2.45) is 5.73 Å². The first-order valence-electron chi connectivity index (χ1n) is 5.04. The van der Waals surface area contributed by atoms with Crippen LogP contribution < -0.4 is 15.8 Å². The number of anilines is 1. The lowest BCUT2D eigenvalue weighted by atomic mass is 10.1. The molecule has 1 unspecified atom stereocenters. The van der Waals surface area contributed by atoms with Gasteiger partial charge in [-0.2, -0.15) is 0 Å². The van der Waals surface area contributed by atoms with Crippen molar-refractivity contribution in [1.82, 2.24) is 0 Å². The number of halogens is 1. The Morgan fingerprint density at radius 1 is 1.65 bits per heavy atom. The van der Waals surface area contributed by atoms with Crippen LogP contribution in [0, 0.1) is 0 Å². The zero-order chi connectivity index (χ0) is 12.8. The second-order valence-electron chi connectivity index (χ2n) is 3.47. The third kappa shape index (κ3) is 3.80. The van der Waals surface area contributed by atoms with Crippen LogP contribution in [0.2, 0.25) is 0 Å². The molecule has 4 N–H and O–H groups in total. The summed E-state index contributed by atoms with van der Waals surface area (Å²) >= 11 is 5.48. The standard InChI is InChI=1S/C11H15ClN2O3/c1-17-10-3-2-7(11(13)16)4-9(10)14-6-8(15)5-12/h2-4,8,14-15H,5-6H2,1H3,(H2,13,16). The van der Waals surface area contributed by atoms with Gasteiger partial charge < -0.3 is 20.9 Å². The number of ether oxygens (including phenoxy) is 1. The number of primary amides is 1. The van der Waals surface area contributed by atoms with Crippen LogP contribution in [0.25, 0.3) is 0 Å². The Kier molecular flexibility index (Phi) is 5.06. The summed E-state index contributed by atoms with van der Waals surface area (Å²) < 4.78 is 5.12. The van der Waals surface area contributed by atoms with Crippen LogP contribution in [0.4, 0.5) is 5.69 Å². The number of methoxy groups -OCH3 is 1. The van der Waals surface area contributed by atoms with E-state index in [4.69, 9.17) is 22.1 Å². The van der Waals surface area contributed by atoms with E-state index in [0.29, 0.717) is 17.0 Å². The van der Waals surface area contributed by atoms with Crippen LogP contribution in [0.5, 0.6) is 5.75 Å². The van der Waals surface area contributed by atoms with Gasteiger partial charge in [-0.3, -0.25) is 4.79 Å². The van der Waals surface area contributed by atoms with Gasteiger partial charge >= 0.3 is 0 Å². The lowest BCUT2D eigenvalue weighted by Crippen LogP contribution is -2.21. The fraction of sp³-hybridized carbons (Fsp3) is 0.364. The van der Waals surface area contributed by atoms with Gasteiger partial charge in [0.25, 0.3) is 0 Å². The van der Waals surface area contributed by atoms with Gasteiger partial charge in [0.2, 0.25) is 5.91 Å². The second-order valence-corrected chi connectivity index (χ2v) is 3.78. The van der Waals surface area contributed by atoms with Crippen LogP contribution >= 0.6 is 11.6 Å². The molecule has 0 radical (unpaired) electrons. The molecule has 1 rings (SSSR count). The highest BCUT2D eigenvalue weighted by Crippen LogP contribution is 2.25. The number of nitrogens with two attached hydrogens (primary N) is 1. The molecule has 0 aliphatic carbocycles. The number of carbonyl (C=O) groups excluding carboxylic acids is 1. The first-order valence-corrected chi connectivity index (χ1v) is 5.57. The summed E-state index contributed by atoms with van der Waals surface area (Å²) in [5.74, 6) is 0.176. The quantitative estimate of drug-likeness (QED) is 0.659. The third-order valence-electron chi connectivity index (χ3n) is 2.19. The van der Waals surface area contributed by atoms with Crippen molar-refractivity contribution >= 4 is 23.2 Å². The van der Waals surface area contributed by atoms with E-state index in [0.717, 1.165) is 0 Å². The number of amides is 1. The lowest BCUT2D eigenvalue weighted by Gasteiger charge is -2.14. The fourth-order valence-electron chi connectivity index (χ4n) is 1.28. The van der Waals surface area contributed by atoms with E-state index < -0.39 is 12.0 Å². The number of hydrogen-bond donors (Lipinski definition) is 3. The summed E-state index contributed by atoms with van der Waals surface area (Å²) in [6.45, 7) is 0.266. The lowest BCUT2D eigenvalue weighted by molar-refractivity contribution is 0.100. The van der Waals surface area contributed by atoms with Crippen molar-refractivity contribution in [3.63, 3.8) is 0 Å². The highest BCUT2D eigenvalue weighted by Gasteiger charge is 2.09. The van der Waals surface area contributed by atoms with Gasteiger partial charge in [-0.1, -0.05) is 0 Å². The van der Waals surface area contributed by atoms with E-state index in [1.165, 1.54) is 7.11 Å². The molecule has 1 aromatic carbocycles. The summed E-state index contributed by atoms with van der Waals surface area (Å²) in [6, 6.07) is 4.78. The van der Waals surface area contributed by atoms with E-state index >= 15 is 0 Å². The molecule has 0 spiro atoms. The SMILES string of the molecule is COc1ccc(C(N)=O)cc1NCC(O)CCl. The molecule has 1 aromatic rings. The van der Waals surface area contributed by atoms with E-state index in [2.05, 4.69) is 5.32 Å². The molecule has 0 heterocycles. The van der Waals surface area contributed by atoms with Crippen LogP contribution in [-0.4, -0.2) is 36.7 Å². The maximum Gasteiger partial charge on any atom is 0.248 e. The normalized spacial score (nSPS) is 11.9. The first-order chi connectivity index (χ1) is 8.08. The van der Waals surface area contributed by atoms with Crippen LogP contribution in [-0.2, 0) is 0 Å². The molecule has 0 saturated carbocycles. The number of nitrogens with one attached hydrogen (secondary N) is 1. The maximum atomic E-state index is 11.0. The predicted octanol–water partition coefficient (Wildman–Crippen LogP) is 0.806. The van der Waals surface area contributed by atoms with Crippen molar-refractivity contribution in [2.45, 2.75) is 6.10 Å². The Balaban J connectivity index is 2.86. The molecule has 0 aromatic heterocycles. The number of aliphatic hydroxyl groups is 1. The molecular formula is C11H15ClN2O3. The van der Waals surface area contributed by atoms with Crippen LogP contribution in [0.15, 0.2) is 18.2 Å².